The SMILES string of the molecule is CCOC(=O)CC1C(=O)N(c2ccc(F)cc2)C(=S)N1CCc1ccc(N2CCOCC2)cc1. The van der Waals surface area contributed by atoms with Crippen LogP contribution in [-0.4, -0.2) is 67.4 Å². The van der Waals surface area contributed by atoms with Crippen LogP contribution in [0, 0.1) is 5.82 Å². The number of carbonyl (C=O) groups is 2. The first-order chi connectivity index (χ1) is 16.5. The molecular formula is C25H28FN3O4S. The van der Waals surface area contributed by atoms with Gasteiger partial charge in [-0.3, -0.25) is 14.5 Å². The van der Waals surface area contributed by atoms with Gasteiger partial charge in [0.1, 0.15) is 11.9 Å². The lowest BCUT2D eigenvalue weighted by atomic mass is 10.1. The molecule has 2 aliphatic heterocycles. The van der Waals surface area contributed by atoms with Crippen molar-refractivity contribution in [3.8, 4) is 0 Å². The molecule has 0 spiro atoms. The second-order valence-corrected chi connectivity index (χ2v) is 8.53. The monoisotopic (exact) mass is 485 g/mol. The minimum absolute atomic E-state index is 0.0967. The lowest BCUT2D eigenvalue weighted by Crippen LogP contribution is -2.38. The third-order valence-electron chi connectivity index (χ3n) is 6.02. The Morgan fingerprint density at radius 1 is 1.09 bits per heavy atom. The van der Waals surface area contributed by atoms with Crippen LogP contribution in [0.3, 0.4) is 0 Å². The number of rotatable bonds is 8. The maximum atomic E-state index is 13.4. The first-order valence-corrected chi connectivity index (χ1v) is 11.9. The van der Waals surface area contributed by atoms with E-state index in [0.717, 1.165) is 37.6 Å². The van der Waals surface area contributed by atoms with Gasteiger partial charge in [0, 0.05) is 25.3 Å². The summed E-state index contributed by atoms with van der Waals surface area (Å²) >= 11 is 5.64. The van der Waals surface area contributed by atoms with Crippen LogP contribution in [0.4, 0.5) is 15.8 Å². The van der Waals surface area contributed by atoms with Crippen molar-refractivity contribution in [1.29, 1.82) is 0 Å². The molecule has 0 N–H and O–H groups in total. The Morgan fingerprint density at radius 2 is 1.74 bits per heavy atom. The summed E-state index contributed by atoms with van der Waals surface area (Å²) in [5, 5.41) is 0.302. The van der Waals surface area contributed by atoms with Gasteiger partial charge in [0.15, 0.2) is 5.11 Å². The van der Waals surface area contributed by atoms with Gasteiger partial charge in [-0.2, -0.15) is 0 Å². The van der Waals surface area contributed by atoms with Crippen molar-refractivity contribution in [2.24, 2.45) is 0 Å². The zero-order valence-electron chi connectivity index (χ0n) is 19.1. The number of hydrogen-bond acceptors (Lipinski definition) is 6. The van der Waals surface area contributed by atoms with E-state index in [1.165, 1.54) is 29.2 Å². The van der Waals surface area contributed by atoms with E-state index in [4.69, 9.17) is 21.7 Å². The van der Waals surface area contributed by atoms with E-state index in [0.29, 0.717) is 23.8 Å². The largest absolute Gasteiger partial charge is 0.466 e. The van der Waals surface area contributed by atoms with E-state index in [2.05, 4.69) is 29.2 Å². The van der Waals surface area contributed by atoms with E-state index in [1.807, 2.05) is 0 Å². The second kappa shape index (κ2) is 10.9. The average Bonchev–Trinajstić information content (AvgIpc) is 3.08. The number of anilines is 2. The van der Waals surface area contributed by atoms with Gasteiger partial charge >= 0.3 is 5.97 Å². The summed E-state index contributed by atoms with van der Waals surface area (Å²) < 4.78 is 23.9. The number of benzene rings is 2. The first kappa shape index (κ1) is 24.1. The molecule has 4 rings (SSSR count). The predicted molar refractivity (Wildman–Crippen MR) is 131 cm³/mol. The average molecular weight is 486 g/mol. The third kappa shape index (κ3) is 5.37. The van der Waals surface area contributed by atoms with Gasteiger partial charge in [-0.1, -0.05) is 12.1 Å². The molecule has 2 heterocycles. The van der Waals surface area contributed by atoms with Crippen LogP contribution in [0.2, 0.25) is 0 Å². The van der Waals surface area contributed by atoms with Crippen molar-refractivity contribution in [2.75, 3.05) is 49.3 Å². The molecule has 2 saturated heterocycles. The van der Waals surface area contributed by atoms with Crippen molar-refractivity contribution >= 4 is 40.6 Å². The highest BCUT2D eigenvalue weighted by Gasteiger charge is 2.44. The van der Waals surface area contributed by atoms with Gasteiger partial charge in [0.2, 0.25) is 0 Å². The molecule has 0 saturated carbocycles. The first-order valence-electron chi connectivity index (χ1n) is 11.5. The number of amides is 1. The number of esters is 1. The highest BCUT2D eigenvalue weighted by atomic mass is 32.1. The van der Waals surface area contributed by atoms with Gasteiger partial charge in [-0.05, 0) is 67.5 Å². The normalized spacial score (nSPS) is 18.5. The van der Waals surface area contributed by atoms with Crippen LogP contribution in [0.1, 0.15) is 18.9 Å². The van der Waals surface area contributed by atoms with Crippen LogP contribution < -0.4 is 9.80 Å². The minimum Gasteiger partial charge on any atom is -0.466 e. The molecule has 0 aliphatic carbocycles. The Kier molecular flexibility index (Phi) is 7.74. The fraction of sp³-hybridized carbons (Fsp3) is 0.400. The summed E-state index contributed by atoms with van der Waals surface area (Å²) in [5.74, 6) is -1.17. The minimum atomic E-state index is -0.760. The maximum absolute atomic E-state index is 13.4. The van der Waals surface area contributed by atoms with Crippen molar-refractivity contribution in [3.05, 3.63) is 59.9 Å². The maximum Gasteiger partial charge on any atom is 0.308 e. The molecule has 0 bridgehead atoms. The van der Waals surface area contributed by atoms with Gasteiger partial charge in [-0.25, -0.2) is 4.39 Å². The second-order valence-electron chi connectivity index (χ2n) is 8.17. The van der Waals surface area contributed by atoms with Crippen molar-refractivity contribution in [2.45, 2.75) is 25.8 Å². The Morgan fingerprint density at radius 3 is 2.38 bits per heavy atom. The summed E-state index contributed by atoms with van der Waals surface area (Å²) in [4.78, 5) is 30.9. The number of thiocarbonyl (C=S) groups is 1. The third-order valence-corrected chi connectivity index (χ3v) is 6.44. The quantitative estimate of drug-likeness (QED) is 0.421. The molecule has 2 aliphatic rings. The molecule has 1 amide bonds. The molecule has 180 valence electrons. The van der Waals surface area contributed by atoms with Gasteiger partial charge in [-0.15, -0.1) is 0 Å². The molecular weight excluding hydrogens is 457 g/mol. The molecule has 0 aromatic heterocycles. The lowest BCUT2D eigenvalue weighted by molar-refractivity contribution is -0.145. The Labute approximate surface area is 204 Å². The number of ether oxygens (including phenoxy) is 2. The summed E-state index contributed by atoms with van der Waals surface area (Å²) in [6.45, 7) is 5.63. The van der Waals surface area contributed by atoms with Crippen LogP contribution >= 0.6 is 12.2 Å². The van der Waals surface area contributed by atoms with Crippen LogP contribution in [0.5, 0.6) is 0 Å². The zero-order valence-corrected chi connectivity index (χ0v) is 19.9. The van der Waals surface area contributed by atoms with E-state index < -0.39 is 17.8 Å². The summed E-state index contributed by atoms with van der Waals surface area (Å²) in [6.07, 6.45) is 0.549. The number of carbonyl (C=O) groups excluding carboxylic acids is 2. The Balaban J connectivity index is 1.48. The van der Waals surface area contributed by atoms with Crippen molar-refractivity contribution < 1.29 is 23.5 Å². The van der Waals surface area contributed by atoms with E-state index in [-0.39, 0.29) is 18.9 Å². The van der Waals surface area contributed by atoms with Gasteiger partial charge < -0.3 is 19.3 Å². The van der Waals surface area contributed by atoms with Crippen LogP contribution in [0.15, 0.2) is 48.5 Å². The van der Waals surface area contributed by atoms with E-state index >= 15 is 0 Å². The summed E-state index contributed by atoms with van der Waals surface area (Å²) in [5.41, 5.74) is 2.73. The number of nitrogens with zero attached hydrogens (tertiary/aromatic N) is 3. The van der Waals surface area contributed by atoms with Gasteiger partial charge in [0.05, 0.1) is 31.9 Å². The molecule has 2 aromatic carbocycles. The number of hydrogen-bond donors (Lipinski definition) is 0. The van der Waals surface area contributed by atoms with E-state index in [1.54, 1.807) is 11.8 Å². The molecule has 1 unspecified atom stereocenters. The predicted octanol–water partition coefficient (Wildman–Crippen LogP) is 3.16. The van der Waals surface area contributed by atoms with Crippen LogP contribution in [0.25, 0.3) is 0 Å². The fourth-order valence-electron chi connectivity index (χ4n) is 4.24. The van der Waals surface area contributed by atoms with Crippen molar-refractivity contribution in [3.63, 3.8) is 0 Å². The summed E-state index contributed by atoms with van der Waals surface area (Å²) in [7, 11) is 0. The molecule has 7 nitrogen and oxygen atoms in total. The van der Waals surface area contributed by atoms with Gasteiger partial charge in [0.25, 0.3) is 5.91 Å². The Hall–Kier alpha value is -3.04. The van der Waals surface area contributed by atoms with E-state index in [9.17, 15) is 14.0 Å². The number of morpholine rings is 1. The highest BCUT2D eigenvalue weighted by molar-refractivity contribution is 7.80. The molecule has 2 fully saturated rings. The van der Waals surface area contributed by atoms with Crippen molar-refractivity contribution in [1.82, 2.24) is 4.90 Å². The Bertz CT molecular complexity index is 1030. The molecule has 2 aromatic rings. The topological polar surface area (TPSA) is 62.3 Å². The molecule has 34 heavy (non-hydrogen) atoms. The smallest absolute Gasteiger partial charge is 0.308 e. The van der Waals surface area contributed by atoms with Crippen LogP contribution in [-0.2, 0) is 25.5 Å². The zero-order chi connectivity index (χ0) is 24.1. The fourth-order valence-corrected chi connectivity index (χ4v) is 4.65. The highest BCUT2D eigenvalue weighted by Crippen LogP contribution is 2.28. The molecule has 0 radical (unpaired) electrons. The number of halogens is 1. The molecule has 9 heteroatoms. The standard InChI is InChI=1S/C25H28FN3O4S/c1-2-33-23(30)17-22-24(31)29(21-9-5-19(26)6-10-21)25(34)28(22)12-11-18-3-7-20(8-4-18)27-13-15-32-16-14-27/h3-10,22H,2,11-17H2,1H3. The molecule has 1 atom stereocenters. The lowest BCUT2D eigenvalue weighted by Gasteiger charge is -2.29. The summed E-state index contributed by atoms with van der Waals surface area (Å²) in [6, 6.07) is 13.2.